The summed E-state index contributed by atoms with van der Waals surface area (Å²) in [5, 5.41) is 20.0. The van der Waals surface area contributed by atoms with Crippen molar-refractivity contribution in [3.05, 3.63) is 54.2 Å². The minimum Gasteiger partial charge on any atom is -0.507 e. The molecule has 2 aromatic carbocycles. The Morgan fingerprint density at radius 2 is 1.81 bits per heavy atom. The van der Waals surface area contributed by atoms with Crippen molar-refractivity contribution in [3.8, 4) is 22.8 Å². The number of halogens is 3. The summed E-state index contributed by atoms with van der Waals surface area (Å²) in [5.41, 5.74) is 2.81. The number of hydrogen-bond donors (Lipinski definition) is 1. The predicted molar refractivity (Wildman–Crippen MR) is 108 cm³/mol. The molecule has 4 rings (SSSR count). The van der Waals surface area contributed by atoms with Crippen LogP contribution in [0.5, 0.6) is 11.5 Å². The number of nitrogens with zero attached hydrogens (tertiary/aromatic N) is 3. The molecule has 1 N–H and O–H groups in total. The third kappa shape index (κ3) is 4.51. The van der Waals surface area contributed by atoms with Gasteiger partial charge in [0.15, 0.2) is 0 Å². The number of phenolic OH excluding ortho intramolecular Hbond substituents is 1. The number of hydrogen-bond acceptors (Lipinski definition) is 6. The minimum absolute atomic E-state index is 0.118. The lowest BCUT2D eigenvalue weighted by atomic mass is 10.0. The number of esters is 1. The van der Waals surface area contributed by atoms with E-state index >= 15 is 0 Å². The monoisotopic (exact) mass is 429 g/mol. The fourth-order valence-corrected chi connectivity index (χ4v) is 3.35. The van der Waals surface area contributed by atoms with Gasteiger partial charge in [0.2, 0.25) is 0 Å². The van der Waals surface area contributed by atoms with Crippen LogP contribution in [0.4, 0.5) is 13.2 Å². The Bertz CT molecular complexity index is 1170. The molecule has 0 unspecified atom stereocenters. The second kappa shape index (κ2) is 7.99. The highest BCUT2D eigenvalue weighted by atomic mass is 19.4. The van der Waals surface area contributed by atoms with Gasteiger partial charge in [-0.15, -0.1) is 5.10 Å². The van der Waals surface area contributed by atoms with Crippen molar-refractivity contribution in [2.45, 2.75) is 12.6 Å². The Morgan fingerprint density at radius 3 is 2.45 bits per heavy atom. The number of carbonyl (C=O) groups is 1. The standard InChI is InChI=1S/C22H18F3N3O3/c1-28-8-6-13(7-9-28)18-4-5-19(27-26-18)17-11-14-2-3-16(10-15(14)12-20(17)29)31-21(30)22(23,24)25/h2-6,10-12,29H,7-9H2,1H3. The Morgan fingerprint density at radius 1 is 1.06 bits per heavy atom. The highest BCUT2D eigenvalue weighted by molar-refractivity contribution is 5.91. The van der Waals surface area contributed by atoms with Crippen molar-refractivity contribution in [2.24, 2.45) is 0 Å². The van der Waals surface area contributed by atoms with Crippen molar-refractivity contribution in [1.82, 2.24) is 15.1 Å². The van der Waals surface area contributed by atoms with E-state index in [1.165, 1.54) is 24.3 Å². The number of aromatic hydroxyl groups is 1. The highest BCUT2D eigenvalue weighted by Crippen LogP contribution is 2.34. The van der Waals surface area contributed by atoms with E-state index in [9.17, 15) is 23.1 Å². The van der Waals surface area contributed by atoms with Crippen LogP contribution in [-0.4, -0.2) is 52.5 Å². The van der Waals surface area contributed by atoms with Gasteiger partial charge in [-0.1, -0.05) is 12.1 Å². The van der Waals surface area contributed by atoms with E-state index in [1.54, 1.807) is 12.1 Å². The van der Waals surface area contributed by atoms with Gasteiger partial charge < -0.3 is 14.7 Å². The molecule has 31 heavy (non-hydrogen) atoms. The zero-order valence-corrected chi connectivity index (χ0v) is 16.5. The van der Waals surface area contributed by atoms with Crippen molar-refractivity contribution in [1.29, 1.82) is 0 Å². The topological polar surface area (TPSA) is 75.5 Å². The van der Waals surface area contributed by atoms with Crippen LogP contribution < -0.4 is 4.74 Å². The first-order chi connectivity index (χ1) is 14.7. The summed E-state index contributed by atoms with van der Waals surface area (Å²) >= 11 is 0. The molecular weight excluding hydrogens is 411 g/mol. The maximum atomic E-state index is 12.4. The quantitative estimate of drug-likeness (QED) is 0.497. The molecule has 0 amide bonds. The molecule has 0 saturated heterocycles. The van der Waals surface area contributed by atoms with Crippen LogP contribution in [0.3, 0.4) is 0 Å². The van der Waals surface area contributed by atoms with Gasteiger partial charge in [-0.2, -0.15) is 18.3 Å². The van der Waals surface area contributed by atoms with Gasteiger partial charge in [0.1, 0.15) is 11.5 Å². The summed E-state index contributed by atoms with van der Waals surface area (Å²) in [6.45, 7) is 1.80. The lowest BCUT2D eigenvalue weighted by molar-refractivity contribution is -0.189. The molecule has 1 aliphatic heterocycles. The third-order valence-electron chi connectivity index (χ3n) is 5.05. The van der Waals surface area contributed by atoms with Crippen LogP contribution in [0.2, 0.25) is 0 Å². The van der Waals surface area contributed by atoms with Gasteiger partial charge in [-0.05, 0) is 66.2 Å². The summed E-state index contributed by atoms with van der Waals surface area (Å²) in [6.07, 6.45) is -2.09. The Kier molecular flexibility index (Phi) is 5.36. The molecule has 0 atom stereocenters. The van der Waals surface area contributed by atoms with E-state index in [4.69, 9.17) is 0 Å². The summed E-state index contributed by atoms with van der Waals surface area (Å²) in [7, 11) is 2.05. The van der Waals surface area contributed by atoms with Crippen molar-refractivity contribution in [2.75, 3.05) is 20.1 Å². The molecule has 9 heteroatoms. The molecule has 0 radical (unpaired) electrons. The number of fused-ring (bicyclic) bond motifs is 1. The molecule has 0 fully saturated rings. The number of rotatable bonds is 3. The minimum atomic E-state index is -5.09. The molecule has 1 aromatic heterocycles. The Hall–Kier alpha value is -3.46. The average molecular weight is 429 g/mol. The fourth-order valence-electron chi connectivity index (χ4n) is 3.35. The SMILES string of the molecule is CN1CC=C(c2ccc(-c3cc4ccc(OC(=O)C(F)(F)F)cc4cc3O)nn2)CC1. The molecule has 0 aliphatic carbocycles. The van der Waals surface area contributed by atoms with Crippen LogP contribution in [-0.2, 0) is 4.79 Å². The maximum absolute atomic E-state index is 12.4. The first kappa shape index (κ1) is 20.8. The molecule has 0 bridgehead atoms. The van der Waals surface area contributed by atoms with Gasteiger partial charge in [-0.25, -0.2) is 4.79 Å². The second-order valence-corrected chi connectivity index (χ2v) is 7.31. The summed E-state index contributed by atoms with van der Waals surface area (Å²) in [5.74, 6) is -2.69. The number of ether oxygens (including phenoxy) is 1. The molecule has 160 valence electrons. The lowest BCUT2D eigenvalue weighted by Gasteiger charge is -2.21. The van der Waals surface area contributed by atoms with Gasteiger partial charge >= 0.3 is 12.1 Å². The molecule has 6 nitrogen and oxygen atoms in total. The zero-order valence-electron chi connectivity index (χ0n) is 16.5. The fraction of sp³-hybridized carbons (Fsp3) is 0.227. The van der Waals surface area contributed by atoms with Crippen LogP contribution in [0.25, 0.3) is 27.6 Å². The number of likely N-dealkylation sites (N-methyl/N-ethyl adjacent to an activating group) is 1. The third-order valence-corrected chi connectivity index (χ3v) is 5.05. The summed E-state index contributed by atoms with van der Waals surface area (Å²) < 4.78 is 41.5. The smallest absolute Gasteiger partial charge is 0.491 e. The van der Waals surface area contributed by atoms with Gasteiger partial charge in [-0.3, -0.25) is 0 Å². The average Bonchev–Trinajstić information content (AvgIpc) is 2.73. The van der Waals surface area contributed by atoms with Crippen LogP contribution >= 0.6 is 0 Å². The van der Waals surface area contributed by atoms with Gasteiger partial charge in [0, 0.05) is 18.7 Å². The Balaban J connectivity index is 1.60. The van der Waals surface area contributed by atoms with Crippen LogP contribution in [0, 0.1) is 0 Å². The van der Waals surface area contributed by atoms with E-state index in [2.05, 4.69) is 25.9 Å². The van der Waals surface area contributed by atoms with E-state index in [-0.39, 0.29) is 11.5 Å². The van der Waals surface area contributed by atoms with Crippen LogP contribution in [0.1, 0.15) is 12.1 Å². The molecular formula is C22H18F3N3O3. The normalized spacial score (nSPS) is 15.0. The second-order valence-electron chi connectivity index (χ2n) is 7.31. The number of benzene rings is 2. The number of alkyl halides is 3. The largest absolute Gasteiger partial charge is 0.507 e. The van der Waals surface area contributed by atoms with Crippen molar-refractivity contribution >= 4 is 22.3 Å². The van der Waals surface area contributed by atoms with E-state index in [0.717, 1.165) is 30.8 Å². The maximum Gasteiger partial charge on any atom is 0.491 e. The predicted octanol–water partition coefficient (Wildman–Crippen LogP) is 4.19. The Labute approximate surface area is 175 Å². The molecule has 3 aromatic rings. The van der Waals surface area contributed by atoms with E-state index in [0.29, 0.717) is 22.0 Å². The highest BCUT2D eigenvalue weighted by Gasteiger charge is 2.41. The summed E-state index contributed by atoms with van der Waals surface area (Å²) in [4.78, 5) is 13.2. The first-order valence-corrected chi connectivity index (χ1v) is 9.48. The van der Waals surface area contributed by atoms with E-state index in [1.807, 2.05) is 13.1 Å². The van der Waals surface area contributed by atoms with Crippen LogP contribution in [0.15, 0.2) is 48.5 Å². The van der Waals surface area contributed by atoms with Gasteiger partial charge in [0.25, 0.3) is 0 Å². The lowest BCUT2D eigenvalue weighted by Crippen LogP contribution is -2.27. The molecule has 1 aliphatic rings. The number of aromatic nitrogens is 2. The molecule has 0 spiro atoms. The number of phenols is 1. The molecule has 2 heterocycles. The summed E-state index contributed by atoms with van der Waals surface area (Å²) in [6, 6.07) is 10.7. The van der Waals surface area contributed by atoms with E-state index < -0.39 is 12.1 Å². The zero-order chi connectivity index (χ0) is 22.2. The number of carbonyl (C=O) groups excluding carboxylic acids is 1. The van der Waals surface area contributed by atoms with Gasteiger partial charge in [0.05, 0.1) is 11.4 Å². The first-order valence-electron chi connectivity index (χ1n) is 9.48. The molecule has 0 saturated carbocycles. The van der Waals surface area contributed by atoms with Crippen molar-refractivity contribution in [3.63, 3.8) is 0 Å². The van der Waals surface area contributed by atoms with Crippen molar-refractivity contribution < 1.29 is 27.8 Å².